The predicted octanol–water partition coefficient (Wildman–Crippen LogP) is 7.23. The normalized spacial score (nSPS) is 16.5. The summed E-state index contributed by atoms with van der Waals surface area (Å²) in [5.74, 6) is -0.179. The monoisotopic (exact) mass is 595 g/mol. The molecule has 0 aromatic rings. The van der Waals surface area contributed by atoms with Crippen LogP contribution in [0.2, 0.25) is 0 Å². The quantitative estimate of drug-likeness (QED) is 0.148. The van der Waals surface area contributed by atoms with E-state index in [1.165, 1.54) is 51.4 Å². The van der Waals surface area contributed by atoms with E-state index in [9.17, 15) is 4.79 Å². The number of nitrogens with two attached hydrogens (primary N) is 1. The summed E-state index contributed by atoms with van der Waals surface area (Å²) in [6.45, 7) is 2.25. The summed E-state index contributed by atoms with van der Waals surface area (Å²) in [7, 11) is 0. The summed E-state index contributed by atoms with van der Waals surface area (Å²) in [6.07, 6.45) is 13.7. The molecule has 0 radical (unpaired) electrons. The van der Waals surface area contributed by atoms with E-state index >= 15 is 0 Å². The second kappa shape index (κ2) is 16.6. The standard InChI is InChI=1S/C18H33Br4NO/c1-2-3-7-10-14(19)16(21)13-17(22)15(20)11-8-5-4-6-9-12-18(23)24/h14-17H,2-13H2,1H3,(H2,23,24). The van der Waals surface area contributed by atoms with Crippen LogP contribution in [0.15, 0.2) is 0 Å². The van der Waals surface area contributed by atoms with Gasteiger partial charge in [-0.2, -0.15) is 0 Å². The van der Waals surface area contributed by atoms with E-state index in [1.54, 1.807) is 0 Å². The third-order valence-electron chi connectivity index (χ3n) is 4.22. The number of hydrogen-bond donors (Lipinski definition) is 1. The molecule has 0 heterocycles. The molecule has 0 fully saturated rings. The molecule has 0 aromatic carbocycles. The van der Waals surface area contributed by atoms with E-state index in [-0.39, 0.29) is 5.91 Å². The molecular formula is C18H33Br4NO. The molecular weight excluding hydrogens is 566 g/mol. The number of rotatable bonds is 16. The van der Waals surface area contributed by atoms with Crippen LogP contribution in [-0.4, -0.2) is 25.2 Å². The van der Waals surface area contributed by atoms with Crippen LogP contribution in [0.3, 0.4) is 0 Å². The summed E-state index contributed by atoms with van der Waals surface area (Å²) in [6, 6.07) is 0. The molecule has 0 aromatic heterocycles. The Hall–Kier alpha value is 1.39. The minimum atomic E-state index is -0.179. The van der Waals surface area contributed by atoms with E-state index in [0.717, 1.165) is 19.3 Å². The van der Waals surface area contributed by atoms with E-state index in [0.29, 0.717) is 25.7 Å². The van der Waals surface area contributed by atoms with Crippen molar-refractivity contribution in [3.05, 3.63) is 0 Å². The number of alkyl halides is 4. The van der Waals surface area contributed by atoms with Crippen molar-refractivity contribution in [2.45, 2.75) is 103 Å². The first-order valence-electron chi connectivity index (χ1n) is 9.23. The zero-order valence-electron chi connectivity index (χ0n) is 14.8. The number of carbonyl (C=O) groups excluding carboxylic acids is 1. The molecule has 0 aliphatic heterocycles. The van der Waals surface area contributed by atoms with Gasteiger partial charge in [0.25, 0.3) is 0 Å². The Labute approximate surface area is 182 Å². The largest absolute Gasteiger partial charge is 0.370 e. The Kier molecular flexibility index (Phi) is 17.5. The van der Waals surface area contributed by atoms with Crippen LogP contribution in [0.25, 0.3) is 0 Å². The van der Waals surface area contributed by atoms with E-state index in [1.807, 2.05) is 0 Å². The smallest absolute Gasteiger partial charge is 0.217 e. The third-order valence-corrected chi connectivity index (χ3v) is 9.86. The third kappa shape index (κ3) is 14.5. The lowest BCUT2D eigenvalue weighted by atomic mass is 10.0. The van der Waals surface area contributed by atoms with Gasteiger partial charge in [0.2, 0.25) is 5.91 Å². The highest BCUT2D eigenvalue weighted by Crippen LogP contribution is 2.31. The van der Waals surface area contributed by atoms with Crippen molar-refractivity contribution in [1.29, 1.82) is 0 Å². The van der Waals surface area contributed by atoms with Gasteiger partial charge >= 0.3 is 0 Å². The van der Waals surface area contributed by atoms with Crippen molar-refractivity contribution in [3.63, 3.8) is 0 Å². The Morgan fingerprint density at radius 1 is 0.750 bits per heavy atom. The van der Waals surface area contributed by atoms with E-state index in [4.69, 9.17) is 5.73 Å². The molecule has 4 atom stereocenters. The fourth-order valence-corrected chi connectivity index (χ4v) is 5.55. The van der Waals surface area contributed by atoms with Crippen LogP contribution in [0.1, 0.15) is 84.0 Å². The van der Waals surface area contributed by atoms with Gasteiger partial charge in [-0.1, -0.05) is 116 Å². The molecule has 0 aliphatic carbocycles. The minimum Gasteiger partial charge on any atom is -0.370 e. The van der Waals surface area contributed by atoms with Gasteiger partial charge in [0.05, 0.1) is 0 Å². The summed E-state index contributed by atoms with van der Waals surface area (Å²) in [4.78, 5) is 12.7. The molecule has 0 bridgehead atoms. The molecule has 2 N–H and O–H groups in total. The summed E-state index contributed by atoms with van der Waals surface area (Å²) in [5.41, 5.74) is 5.14. The summed E-state index contributed by atoms with van der Waals surface area (Å²) >= 11 is 15.4. The van der Waals surface area contributed by atoms with Gasteiger partial charge in [0, 0.05) is 25.7 Å². The van der Waals surface area contributed by atoms with Gasteiger partial charge in [-0.3, -0.25) is 4.79 Å². The average molecular weight is 599 g/mol. The number of halogens is 4. The highest BCUT2D eigenvalue weighted by molar-refractivity contribution is 9.13. The minimum absolute atomic E-state index is 0.179. The Morgan fingerprint density at radius 2 is 1.21 bits per heavy atom. The van der Waals surface area contributed by atoms with Crippen molar-refractivity contribution < 1.29 is 4.79 Å². The molecule has 6 heteroatoms. The maximum Gasteiger partial charge on any atom is 0.217 e. The van der Waals surface area contributed by atoms with Crippen LogP contribution in [0.5, 0.6) is 0 Å². The van der Waals surface area contributed by atoms with Crippen molar-refractivity contribution in [2.24, 2.45) is 5.73 Å². The second-order valence-electron chi connectivity index (χ2n) is 6.57. The fraction of sp³-hybridized carbons (Fsp3) is 0.944. The van der Waals surface area contributed by atoms with Gasteiger partial charge in [-0.05, 0) is 25.7 Å². The first-order chi connectivity index (χ1) is 11.4. The van der Waals surface area contributed by atoms with Crippen molar-refractivity contribution in [3.8, 4) is 0 Å². The highest BCUT2D eigenvalue weighted by atomic mass is 79.9. The molecule has 24 heavy (non-hydrogen) atoms. The molecule has 0 rings (SSSR count). The molecule has 0 saturated heterocycles. The highest BCUT2D eigenvalue weighted by Gasteiger charge is 2.23. The van der Waals surface area contributed by atoms with Gasteiger partial charge in [0.15, 0.2) is 0 Å². The number of hydrogen-bond acceptors (Lipinski definition) is 1. The van der Waals surface area contributed by atoms with E-state index < -0.39 is 0 Å². The maximum absolute atomic E-state index is 10.7. The molecule has 0 saturated carbocycles. The SMILES string of the molecule is CCCCCC(Br)C(Br)CC(Br)C(Br)CCCCCCCC(N)=O. The summed E-state index contributed by atoms with van der Waals surface area (Å²) in [5, 5.41) is 0. The Balaban J connectivity index is 3.74. The lowest BCUT2D eigenvalue weighted by molar-refractivity contribution is -0.118. The van der Waals surface area contributed by atoms with Gasteiger partial charge in [-0.15, -0.1) is 0 Å². The number of carbonyl (C=O) groups is 1. The first-order valence-corrected chi connectivity index (χ1v) is 12.9. The van der Waals surface area contributed by atoms with Crippen molar-refractivity contribution in [2.75, 3.05) is 0 Å². The van der Waals surface area contributed by atoms with Crippen LogP contribution < -0.4 is 5.73 Å². The molecule has 4 unspecified atom stereocenters. The molecule has 0 aliphatic rings. The lowest BCUT2D eigenvalue weighted by Crippen LogP contribution is -2.23. The maximum atomic E-state index is 10.7. The van der Waals surface area contributed by atoms with Crippen LogP contribution in [0, 0.1) is 0 Å². The number of amides is 1. The molecule has 0 spiro atoms. The van der Waals surface area contributed by atoms with E-state index in [2.05, 4.69) is 70.6 Å². The number of unbranched alkanes of at least 4 members (excludes halogenated alkanes) is 6. The van der Waals surface area contributed by atoms with Gasteiger partial charge in [0.1, 0.15) is 0 Å². The first kappa shape index (κ1) is 25.4. The predicted molar refractivity (Wildman–Crippen MR) is 121 cm³/mol. The Morgan fingerprint density at radius 3 is 1.71 bits per heavy atom. The van der Waals surface area contributed by atoms with Crippen molar-refractivity contribution >= 4 is 69.6 Å². The zero-order valence-corrected chi connectivity index (χ0v) is 21.1. The molecule has 1 amide bonds. The van der Waals surface area contributed by atoms with Gasteiger partial charge < -0.3 is 5.73 Å². The Bertz CT molecular complexity index is 317. The van der Waals surface area contributed by atoms with Crippen LogP contribution >= 0.6 is 63.7 Å². The van der Waals surface area contributed by atoms with Gasteiger partial charge in [-0.25, -0.2) is 0 Å². The number of primary amides is 1. The average Bonchev–Trinajstić information content (AvgIpc) is 2.53. The molecule has 2 nitrogen and oxygen atoms in total. The lowest BCUT2D eigenvalue weighted by Gasteiger charge is -2.23. The molecule has 144 valence electrons. The summed E-state index contributed by atoms with van der Waals surface area (Å²) < 4.78 is 0. The zero-order chi connectivity index (χ0) is 18.4. The van der Waals surface area contributed by atoms with Crippen LogP contribution in [-0.2, 0) is 4.79 Å². The second-order valence-corrected chi connectivity index (χ2v) is 11.3. The fourth-order valence-electron chi connectivity index (χ4n) is 2.63. The van der Waals surface area contributed by atoms with Crippen molar-refractivity contribution in [1.82, 2.24) is 0 Å². The van der Waals surface area contributed by atoms with Crippen LogP contribution in [0.4, 0.5) is 0 Å². The topological polar surface area (TPSA) is 43.1 Å².